The monoisotopic (exact) mass is 714 g/mol. The van der Waals surface area contributed by atoms with Gasteiger partial charge in [-0.1, -0.05) is 57.8 Å². The number of hydrogen-bond acceptors (Lipinski definition) is 4. The summed E-state index contributed by atoms with van der Waals surface area (Å²) in [4.78, 5) is 8.18. The summed E-state index contributed by atoms with van der Waals surface area (Å²) in [7, 11) is 2.26. The van der Waals surface area contributed by atoms with Gasteiger partial charge in [0.15, 0.2) is 0 Å². The maximum Gasteiger partial charge on any atom is 0.0178 e. The van der Waals surface area contributed by atoms with Gasteiger partial charge in [-0.2, -0.15) is 0 Å². The number of hydrogen-bond donors (Lipinski definition) is 1. The lowest BCUT2D eigenvalue weighted by Gasteiger charge is -2.43. The van der Waals surface area contributed by atoms with Gasteiger partial charge in [-0.15, -0.1) is 0 Å². The minimum Gasteiger partial charge on any atom is -0.317 e. The largest absolute Gasteiger partial charge is 0.317 e. The smallest absolute Gasteiger partial charge is 0.0178 e. The molecule has 4 nitrogen and oxygen atoms in total. The zero-order chi connectivity index (χ0) is 30.2. The van der Waals surface area contributed by atoms with Gasteiger partial charge < -0.3 is 10.2 Å². The Balaban J connectivity index is 0.000000171. The molecule has 43 heavy (non-hydrogen) atoms. The summed E-state index contributed by atoms with van der Waals surface area (Å²) in [5, 5.41) is 3.50. The van der Waals surface area contributed by atoms with E-state index in [-0.39, 0.29) is 0 Å². The Morgan fingerprint density at radius 3 is 1.58 bits per heavy atom. The first-order chi connectivity index (χ1) is 20.9. The van der Waals surface area contributed by atoms with Crippen molar-refractivity contribution in [3.8, 4) is 0 Å². The highest BCUT2D eigenvalue weighted by Gasteiger charge is 2.31. The third-order valence-corrected chi connectivity index (χ3v) is 11.6. The maximum absolute atomic E-state index is 3.64. The van der Waals surface area contributed by atoms with Crippen LogP contribution >= 0.6 is 31.9 Å². The van der Waals surface area contributed by atoms with Crippen molar-refractivity contribution in [2.45, 2.75) is 115 Å². The van der Waals surface area contributed by atoms with Crippen LogP contribution in [0.5, 0.6) is 0 Å². The third kappa shape index (κ3) is 9.16. The van der Waals surface area contributed by atoms with Crippen LogP contribution in [-0.4, -0.2) is 85.2 Å². The van der Waals surface area contributed by atoms with Gasteiger partial charge in [0.2, 0.25) is 0 Å². The molecule has 4 aliphatic rings. The molecule has 0 aromatic heterocycles. The van der Waals surface area contributed by atoms with Crippen LogP contribution < -0.4 is 5.32 Å². The van der Waals surface area contributed by atoms with E-state index in [1.54, 1.807) is 22.3 Å². The van der Waals surface area contributed by atoms with Gasteiger partial charge in [-0.05, 0) is 170 Å². The highest BCUT2D eigenvalue weighted by molar-refractivity contribution is 9.10. The van der Waals surface area contributed by atoms with Crippen LogP contribution in [-0.2, 0) is 25.7 Å². The molecule has 6 heteroatoms. The lowest BCUT2D eigenvalue weighted by molar-refractivity contribution is 0.0742. The van der Waals surface area contributed by atoms with Gasteiger partial charge >= 0.3 is 0 Å². The van der Waals surface area contributed by atoms with Gasteiger partial charge in [0.1, 0.15) is 0 Å². The molecular weight excluding hydrogens is 660 g/mol. The molecule has 2 unspecified atom stereocenters. The van der Waals surface area contributed by atoms with Crippen molar-refractivity contribution in [2.24, 2.45) is 0 Å². The van der Waals surface area contributed by atoms with Gasteiger partial charge in [0.05, 0.1) is 0 Å². The lowest BCUT2D eigenvalue weighted by atomic mass is 9.86. The summed E-state index contributed by atoms with van der Waals surface area (Å²) in [5.74, 6) is 0. The van der Waals surface area contributed by atoms with E-state index in [0.29, 0.717) is 0 Å². The topological polar surface area (TPSA) is 21.8 Å². The first-order valence-electron chi connectivity index (χ1n) is 17.4. The normalized spacial score (nSPS) is 23.5. The summed E-state index contributed by atoms with van der Waals surface area (Å²) >= 11 is 7.28. The van der Waals surface area contributed by atoms with Crippen molar-refractivity contribution in [1.82, 2.24) is 20.0 Å². The van der Waals surface area contributed by atoms with Gasteiger partial charge in [-0.3, -0.25) is 9.80 Å². The second-order valence-corrected chi connectivity index (χ2v) is 15.4. The first-order valence-corrected chi connectivity index (χ1v) is 19.0. The molecule has 0 amide bonds. The number of rotatable bonds is 8. The van der Waals surface area contributed by atoms with Gasteiger partial charge in [0, 0.05) is 33.1 Å². The molecule has 2 aromatic carbocycles. The number of fused-ring (bicyclic) bond motifs is 2. The minimum atomic E-state index is 0.745. The fourth-order valence-corrected chi connectivity index (χ4v) is 9.10. The van der Waals surface area contributed by atoms with Crippen LogP contribution in [0.2, 0.25) is 0 Å². The Hall–Kier alpha value is -0.760. The molecule has 2 atom stereocenters. The van der Waals surface area contributed by atoms with Crippen molar-refractivity contribution >= 4 is 31.9 Å². The Morgan fingerprint density at radius 1 is 0.651 bits per heavy atom. The number of nitrogens with zero attached hydrogens (tertiary/aromatic N) is 3. The number of halogens is 2. The molecule has 2 saturated heterocycles. The van der Waals surface area contributed by atoms with E-state index in [1.165, 1.54) is 125 Å². The molecule has 1 N–H and O–H groups in total. The SMILES string of the molecule is CCCN(C1CCN(C)CC1)C1CCc2ccc(Br)cc2C1.CCCN(C1CCNCC1)C1CCc2ccc(Br)cc2C1. The van der Waals surface area contributed by atoms with Crippen LogP contribution in [0, 0.1) is 0 Å². The molecule has 6 rings (SSSR count). The summed E-state index contributed by atoms with van der Waals surface area (Å²) < 4.78 is 2.46. The molecule has 0 saturated carbocycles. The Morgan fingerprint density at radius 2 is 1.12 bits per heavy atom. The number of nitrogens with one attached hydrogen (secondary N) is 1. The van der Waals surface area contributed by atoms with Gasteiger partial charge in [-0.25, -0.2) is 0 Å². The molecule has 0 radical (unpaired) electrons. The van der Waals surface area contributed by atoms with Crippen LogP contribution in [0.1, 0.15) is 87.5 Å². The van der Waals surface area contributed by atoms with Crippen molar-refractivity contribution in [3.05, 3.63) is 67.6 Å². The van der Waals surface area contributed by atoms with Crippen LogP contribution in [0.3, 0.4) is 0 Å². The lowest BCUT2D eigenvalue weighted by Crippen LogP contribution is -2.50. The highest BCUT2D eigenvalue weighted by atomic mass is 79.9. The van der Waals surface area contributed by atoms with Crippen molar-refractivity contribution in [3.63, 3.8) is 0 Å². The van der Waals surface area contributed by atoms with Crippen molar-refractivity contribution in [2.75, 3.05) is 46.3 Å². The summed E-state index contributed by atoms with van der Waals surface area (Å²) in [6.07, 6.45) is 15.5. The molecule has 2 fully saturated rings. The quantitative estimate of drug-likeness (QED) is 0.300. The van der Waals surface area contributed by atoms with E-state index in [2.05, 4.69) is 109 Å². The molecule has 2 aromatic rings. The second-order valence-electron chi connectivity index (χ2n) is 13.6. The predicted molar refractivity (Wildman–Crippen MR) is 190 cm³/mol. The zero-order valence-electron chi connectivity index (χ0n) is 27.1. The third-order valence-electron chi connectivity index (χ3n) is 10.6. The summed E-state index contributed by atoms with van der Waals surface area (Å²) in [5.41, 5.74) is 6.27. The van der Waals surface area contributed by atoms with E-state index < -0.39 is 0 Å². The van der Waals surface area contributed by atoms with Crippen LogP contribution in [0.25, 0.3) is 0 Å². The Bertz CT molecular complexity index is 1140. The summed E-state index contributed by atoms with van der Waals surface area (Å²) in [6, 6.07) is 16.8. The zero-order valence-corrected chi connectivity index (χ0v) is 30.3. The molecule has 238 valence electrons. The molecule has 0 spiro atoms. The molecule has 2 heterocycles. The average Bonchev–Trinajstić information content (AvgIpc) is 3.03. The van der Waals surface area contributed by atoms with Crippen molar-refractivity contribution < 1.29 is 0 Å². The fourth-order valence-electron chi connectivity index (χ4n) is 8.29. The maximum atomic E-state index is 3.64. The van der Waals surface area contributed by atoms with Gasteiger partial charge in [0.25, 0.3) is 0 Å². The van der Waals surface area contributed by atoms with E-state index in [9.17, 15) is 0 Å². The number of benzene rings is 2. The molecular formula is C37H56Br2N4. The van der Waals surface area contributed by atoms with E-state index >= 15 is 0 Å². The van der Waals surface area contributed by atoms with E-state index in [1.807, 2.05) is 0 Å². The summed E-state index contributed by atoms with van der Waals surface area (Å²) in [6.45, 7) is 12.1. The standard InChI is InChI=1S/C19H29BrN2.C18H27BrN2/c1-3-10-22(18-8-11-21(2)12-9-18)19-7-5-15-4-6-17(20)13-16(15)14-19;1-2-11-21(17-7-9-20-10-8-17)18-6-4-14-3-5-16(19)12-15(14)13-18/h4,6,13,18-19H,3,5,7-12,14H2,1-2H3;3,5,12,17-18,20H,2,4,6-11,13H2,1H3. The number of piperidine rings is 2. The minimum absolute atomic E-state index is 0.745. The Labute approximate surface area is 279 Å². The average molecular weight is 717 g/mol. The second kappa shape index (κ2) is 16.7. The Kier molecular flexibility index (Phi) is 13.0. The molecule has 2 aliphatic heterocycles. The molecule has 2 aliphatic carbocycles. The van der Waals surface area contributed by atoms with Crippen molar-refractivity contribution in [1.29, 1.82) is 0 Å². The fraction of sp³-hybridized carbons (Fsp3) is 0.676. The number of likely N-dealkylation sites (tertiary alicyclic amines) is 1. The number of aryl methyl sites for hydroxylation is 2. The predicted octanol–water partition coefficient (Wildman–Crippen LogP) is 7.88. The highest BCUT2D eigenvalue weighted by Crippen LogP contribution is 2.31. The van der Waals surface area contributed by atoms with E-state index in [4.69, 9.17) is 0 Å². The van der Waals surface area contributed by atoms with Crippen LogP contribution in [0.15, 0.2) is 45.3 Å². The van der Waals surface area contributed by atoms with E-state index in [0.717, 1.165) is 24.2 Å². The van der Waals surface area contributed by atoms with Crippen LogP contribution in [0.4, 0.5) is 0 Å². The molecule has 0 bridgehead atoms. The first kappa shape index (κ1) is 33.6.